The molecule has 92 valence electrons. The van der Waals surface area contributed by atoms with Crippen LogP contribution in [0.5, 0.6) is 0 Å². The molecule has 0 aliphatic carbocycles. The van der Waals surface area contributed by atoms with Crippen molar-refractivity contribution < 1.29 is 19.8 Å². The van der Waals surface area contributed by atoms with Gasteiger partial charge >= 0.3 is 11.9 Å². The summed E-state index contributed by atoms with van der Waals surface area (Å²) in [6.45, 7) is 1.47. The number of carbonyl (C=O) groups is 2. The Morgan fingerprint density at radius 1 is 1.11 bits per heavy atom. The van der Waals surface area contributed by atoms with Crippen molar-refractivity contribution in [3.05, 3.63) is 47.3 Å². The number of nitrogens with zero attached hydrogens (tertiary/aromatic N) is 2. The summed E-state index contributed by atoms with van der Waals surface area (Å²) in [5.41, 5.74) is 0.0480. The molecule has 2 aromatic rings. The highest BCUT2D eigenvalue weighted by molar-refractivity contribution is 6.01. The highest BCUT2D eigenvalue weighted by atomic mass is 16.4. The number of aromatic carboxylic acids is 2. The summed E-state index contributed by atoms with van der Waals surface area (Å²) in [5, 5.41) is 22.2. The van der Waals surface area contributed by atoms with Crippen molar-refractivity contribution >= 4 is 11.9 Å². The molecule has 0 spiro atoms. The van der Waals surface area contributed by atoms with Gasteiger partial charge in [-0.3, -0.25) is 0 Å². The number of aryl methyl sites for hydroxylation is 1. The van der Waals surface area contributed by atoms with E-state index in [-0.39, 0.29) is 17.0 Å². The van der Waals surface area contributed by atoms with Gasteiger partial charge in [0.15, 0.2) is 5.69 Å². The van der Waals surface area contributed by atoms with Crippen molar-refractivity contribution in [2.75, 3.05) is 0 Å². The molecule has 6 nitrogen and oxygen atoms in total. The fraction of sp³-hybridized carbons (Fsp3) is 0.0833. The zero-order valence-electron chi connectivity index (χ0n) is 9.49. The first-order chi connectivity index (χ1) is 8.52. The van der Waals surface area contributed by atoms with Crippen LogP contribution in [0.4, 0.5) is 0 Å². The maximum atomic E-state index is 11.2. The molecule has 18 heavy (non-hydrogen) atoms. The van der Waals surface area contributed by atoms with E-state index in [1.54, 1.807) is 30.3 Å². The topological polar surface area (TPSA) is 92.4 Å². The minimum Gasteiger partial charge on any atom is -0.478 e. The second kappa shape index (κ2) is 4.33. The van der Waals surface area contributed by atoms with E-state index in [0.717, 1.165) is 4.68 Å². The SMILES string of the molecule is Cc1nn(-c2ccccc2)c(C(=O)O)c1C(=O)O. The van der Waals surface area contributed by atoms with Crippen LogP contribution in [-0.4, -0.2) is 31.9 Å². The van der Waals surface area contributed by atoms with Crippen LogP contribution in [0, 0.1) is 6.92 Å². The van der Waals surface area contributed by atoms with Gasteiger partial charge in [0.1, 0.15) is 5.56 Å². The molecule has 0 radical (unpaired) electrons. The molecule has 0 amide bonds. The summed E-state index contributed by atoms with van der Waals surface area (Å²) in [7, 11) is 0. The van der Waals surface area contributed by atoms with Crippen LogP contribution >= 0.6 is 0 Å². The number of aromatic nitrogens is 2. The van der Waals surface area contributed by atoms with Crippen molar-refractivity contribution in [1.82, 2.24) is 9.78 Å². The molecule has 0 atom stereocenters. The Kier molecular flexibility index (Phi) is 2.85. The number of benzene rings is 1. The van der Waals surface area contributed by atoms with E-state index >= 15 is 0 Å². The Morgan fingerprint density at radius 3 is 2.22 bits per heavy atom. The van der Waals surface area contributed by atoms with Gasteiger partial charge in [-0.1, -0.05) is 18.2 Å². The van der Waals surface area contributed by atoms with Crippen LogP contribution < -0.4 is 0 Å². The van der Waals surface area contributed by atoms with Crippen LogP contribution in [0.25, 0.3) is 5.69 Å². The lowest BCUT2D eigenvalue weighted by molar-refractivity contribution is 0.0645. The van der Waals surface area contributed by atoms with E-state index in [9.17, 15) is 9.59 Å². The molecule has 0 bridgehead atoms. The van der Waals surface area contributed by atoms with Gasteiger partial charge < -0.3 is 10.2 Å². The molecule has 1 aromatic heterocycles. The molecule has 2 rings (SSSR count). The first-order valence-electron chi connectivity index (χ1n) is 5.14. The maximum absolute atomic E-state index is 11.2. The third-order valence-corrected chi connectivity index (χ3v) is 2.48. The Morgan fingerprint density at radius 2 is 1.72 bits per heavy atom. The second-order valence-corrected chi connectivity index (χ2v) is 3.67. The summed E-state index contributed by atoms with van der Waals surface area (Å²) in [6.07, 6.45) is 0. The lowest BCUT2D eigenvalue weighted by Gasteiger charge is -2.04. The molecule has 1 heterocycles. The fourth-order valence-electron chi connectivity index (χ4n) is 1.74. The van der Waals surface area contributed by atoms with Crippen molar-refractivity contribution in [2.45, 2.75) is 6.92 Å². The molecule has 1 aromatic carbocycles. The Balaban J connectivity index is 2.73. The zero-order chi connectivity index (χ0) is 13.3. The Bertz CT molecular complexity index is 617. The quantitative estimate of drug-likeness (QED) is 0.857. The number of hydrogen-bond donors (Lipinski definition) is 2. The smallest absolute Gasteiger partial charge is 0.355 e. The third kappa shape index (κ3) is 1.84. The molecular weight excluding hydrogens is 236 g/mol. The predicted molar refractivity (Wildman–Crippen MR) is 62.2 cm³/mol. The first-order valence-corrected chi connectivity index (χ1v) is 5.14. The molecular formula is C12H10N2O4. The third-order valence-electron chi connectivity index (χ3n) is 2.48. The summed E-state index contributed by atoms with van der Waals surface area (Å²) < 4.78 is 1.13. The molecule has 0 saturated heterocycles. The van der Waals surface area contributed by atoms with E-state index in [0.29, 0.717) is 5.69 Å². The minimum atomic E-state index is -1.32. The first kappa shape index (κ1) is 11.8. The average Bonchev–Trinajstić information content (AvgIpc) is 2.68. The van der Waals surface area contributed by atoms with Gasteiger partial charge in [0.25, 0.3) is 0 Å². The summed E-state index contributed by atoms with van der Waals surface area (Å²) in [6, 6.07) is 8.53. The lowest BCUT2D eigenvalue weighted by Crippen LogP contribution is -2.12. The summed E-state index contributed by atoms with van der Waals surface area (Å²) in [5.74, 6) is -2.62. The van der Waals surface area contributed by atoms with Crippen LogP contribution in [0.15, 0.2) is 30.3 Å². The normalized spacial score (nSPS) is 10.3. The van der Waals surface area contributed by atoms with E-state index in [2.05, 4.69) is 5.10 Å². The summed E-state index contributed by atoms with van der Waals surface area (Å²) in [4.78, 5) is 22.3. The number of para-hydroxylation sites is 1. The highest BCUT2D eigenvalue weighted by Crippen LogP contribution is 2.18. The summed E-state index contributed by atoms with van der Waals surface area (Å²) >= 11 is 0. The van der Waals surface area contributed by atoms with Gasteiger partial charge in [-0.25, -0.2) is 14.3 Å². The number of rotatable bonds is 3. The molecule has 0 aliphatic rings. The van der Waals surface area contributed by atoms with Gasteiger partial charge in [0, 0.05) is 0 Å². The van der Waals surface area contributed by atoms with Crippen molar-refractivity contribution in [1.29, 1.82) is 0 Å². The van der Waals surface area contributed by atoms with Gasteiger partial charge in [-0.15, -0.1) is 0 Å². The number of carboxylic acid groups (broad SMARTS) is 2. The minimum absolute atomic E-state index is 0.170. The Hall–Kier alpha value is -2.63. The van der Waals surface area contributed by atoms with Gasteiger partial charge in [-0.05, 0) is 19.1 Å². The zero-order valence-corrected chi connectivity index (χ0v) is 9.49. The van der Waals surface area contributed by atoms with Gasteiger partial charge in [0.05, 0.1) is 11.4 Å². The highest BCUT2D eigenvalue weighted by Gasteiger charge is 2.26. The van der Waals surface area contributed by atoms with Crippen molar-refractivity contribution in [2.24, 2.45) is 0 Å². The largest absolute Gasteiger partial charge is 0.478 e. The van der Waals surface area contributed by atoms with Crippen molar-refractivity contribution in [3.8, 4) is 5.69 Å². The molecule has 6 heteroatoms. The monoisotopic (exact) mass is 246 g/mol. The fourth-order valence-corrected chi connectivity index (χ4v) is 1.74. The van der Waals surface area contributed by atoms with E-state index < -0.39 is 11.9 Å². The average molecular weight is 246 g/mol. The molecule has 2 N–H and O–H groups in total. The van der Waals surface area contributed by atoms with Gasteiger partial charge in [-0.2, -0.15) is 5.10 Å². The molecule has 0 aliphatic heterocycles. The van der Waals surface area contributed by atoms with Crippen LogP contribution in [0.2, 0.25) is 0 Å². The van der Waals surface area contributed by atoms with E-state index in [1.807, 2.05) is 0 Å². The van der Waals surface area contributed by atoms with E-state index in [4.69, 9.17) is 10.2 Å². The van der Waals surface area contributed by atoms with Crippen molar-refractivity contribution in [3.63, 3.8) is 0 Å². The van der Waals surface area contributed by atoms with E-state index in [1.165, 1.54) is 6.92 Å². The van der Waals surface area contributed by atoms with Crippen LogP contribution in [-0.2, 0) is 0 Å². The number of carboxylic acids is 2. The Labute approximate surface area is 102 Å². The van der Waals surface area contributed by atoms with Crippen LogP contribution in [0.1, 0.15) is 26.5 Å². The lowest BCUT2D eigenvalue weighted by atomic mass is 10.2. The molecule has 0 saturated carbocycles. The van der Waals surface area contributed by atoms with Gasteiger partial charge in [0.2, 0.25) is 0 Å². The maximum Gasteiger partial charge on any atom is 0.355 e. The second-order valence-electron chi connectivity index (χ2n) is 3.67. The predicted octanol–water partition coefficient (Wildman–Crippen LogP) is 1.58. The van der Waals surface area contributed by atoms with Crippen LogP contribution in [0.3, 0.4) is 0 Å². The number of hydrogen-bond acceptors (Lipinski definition) is 3. The molecule has 0 fully saturated rings. The molecule has 0 unspecified atom stereocenters. The standard InChI is InChI=1S/C12H10N2O4/c1-7-9(11(15)16)10(12(17)18)14(13-7)8-5-3-2-4-6-8/h2-6H,1H3,(H,15,16)(H,17,18).